The topological polar surface area (TPSA) is 159 Å². The van der Waals surface area contributed by atoms with Crippen molar-refractivity contribution in [2.24, 2.45) is 11.3 Å². The molecule has 4 unspecified atom stereocenters. The van der Waals surface area contributed by atoms with Gasteiger partial charge in [0.1, 0.15) is 48.8 Å². The van der Waals surface area contributed by atoms with Crippen LogP contribution in [0.1, 0.15) is 40.5 Å². The third-order valence-corrected chi connectivity index (χ3v) is 10.1. The first-order chi connectivity index (χ1) is 20.6. The lowest BCUT2D eigenvalue weighted by atomic mass is 9.41. The zero-order chi connectivity index (χ0) is 30.2. The van der Waals surface area contributed by atoms with Crippen LogP contribution in [0.4, 0.5) is 0 Å². The number of carbonyl (C=O) groups excluding carboxylic acids is 2. The van der Waals surface area contributed by atoms with Gasteiger partial charge in [-0.3, -0.25) is 0 Å². The summed E-state index contributed by atoms with van der Waals surface area (Å²) in [6.45, 7) is 1.33. The highest BCUT2D eigenvalue weighted by Gasteiger charge is 2.95. The summed E-state index contributed by atoms with van der Waals surface area (Å²) in [5.41, 5.74) is -2.50. The first-order valence-electron chi connectivity index (χ1n) is 14.3. The summed E-state index contributed by atoms with van der Waals surface area (Å²) >= 11 is 0. The summed E-state index contributed by atoms with van der Waals surface area (Å²) in [6.07, 6.45) is -7.69. The second-order valence-corrected chi connectivity index (χ2v) is 12.2. The number of hydrogen-bond acceptors (Lipinski definition) is 12. The number of aliphatic hydroxyl groups excluding tert-OH is 3. The Hall–Kier alpha value is -2.94. The van der Waals surface area contributed by atoms with Gasteiger partial charge in [0.25, 0.3) is 0 Å². The molecule has 0 radical (unpaired) electrons. The maximum absolute atomic E-state index is 13.0. The summed E-state index contributed by atoms with van der Waals surface area (Å²) in [5.74, 6) is -2.41. The monoisotopic (exact) mass is 598 g/mol. The van der Waals surface area contributed by atoms with Crippen LogP contribution in [0.25, 0.3) is 0 Å². The SMILES string of the molecule is CO[C@]12C[C@@]3(C)OC(O1)C1(COC(=O)c4ccccc4)C2CC13O[C@@H]1O[C@H](COC(=O)c2ccccc2)[C@@H](O)[C@H](O)[C@H]1O. The molecule has 3 N–H and O–H groups in total. The van der Waals surface area contributed by atoms with E-state index < -0.39 is 77.9 Å². The van der Waals surface area contributed by atoms with Gasteiger partial charge >= 0.3 is 11.9 Å². The summed E-state index contributed by atoms with van der Waals surface area (Å²) in [5, 5.41) is 32.4. The zero-order valence-corrected chi connectivity index (χ0v) is 23.7. The number of benzene rings is 2. The Labute approximate surface area is 247 Å². The molecule has 7 aliphatic rings. The van der Waals surface area contributed by atoms with Gasteiger partial charge in [-0.25, -0.2) is 9.59 Å². The summed E-state index contributed by atoms with van der Waals surface area (Å²) in [7, 11) is 1.56. The van der Waals surface area contributed by atoms with Gasteiger partial charge < -0.3 is 48.5 Å². The fraction of sp³-hybridized carbons (Fsp3) is 0.548. The van der Waals surface area contributed by atoms with Crippen LogP contribution in [0.2, 0.25) is 0 Å². The van der Waals surface area contributed by atoms with Crippen molar-refractivity contribution in [3.05, 3.63) is 71.8 Å². The van der Waals surface area contributed by atoms with Gasteiger partial charge in [0.15, 0.2) is 18.4 Å². The van der Waals surface area contributed by atoms with E-state index in [1.807, 2.05) is 6.92 Å². The van der Waals surface area contributed by atoms with E-state index in [1.165, 1.54) is 0 Å². The molecule has 0 amide bonds. The molecule has 230 valence electrons. The van der Waals surface area contributed by atoms with Crippen LogP contribution in [0.15, 0.2) is 60.7 Å². The molecule has 0 spiro atoms. The van der Waals surface area contributed by atoms with Crippen LogP contribution in [0.5, 0.6) is 0 Å². The molecule has 11 atom stereocenters. The molecular formula is C31H34O12. The number of methoxy groups -OCH3 is 1. The molecule has 9 rings (SSSR count). The van der Waals surface area contributed by atoms with E-state index in [-0.39, 0.29) is 12.5 Å². The fourth-order valence-corrected chi connectivity index (χ4v) is 7.91. The van der Waals surface area contributed by atoms with Crippen LogP contribution < -0.4 is 0 Å². The fourth-order valence-electron chi connectivity index (χ4n) is 7.91. The predicted octanol–water partition coefficient (Wildman–Crippen LogP) is 1.16. The van der Waals surface area contributed by atoms with Crippen LogP contribution >= 0.6 is 0 Å². The largest absolute Gasteiger partial charge is 0.461 e. The average molecular weight is 599 g/mol. The van der Waals surface area contributed by atoms with Crippen molar-refractivity contribution in [1.82, 2.24) is 0 Å². The predicted molar refractivity (Wildman–Crippen MR) is 143 cm³/mol. The van der Waals surface area contributed by atoms with E-state index >= 15 is 0 Å². The van der Waals surface area contributed by atoms with E-state index in [1.54, 1.807) is 67.8 Å². The van der Waals surface area contributed by atoms with Crippen molar-refractivity contribution in [3.8, 4) is 0 Å². The Balaban J connectivity index is 1.14. The van der Waals surface area contributed by atoms with E-state index in [4.69, 9.17) is 33.2 Å². The maximum Gasteiger partial charge on any atom is 0.338 e. The summed E-state index contributed by atoms with van der Waals surface area (Å²) in [6, 6.07) is 16.9. The van der Waals surface area contributed by atoms with E-state index in [2.05, 4.69) is 0 Å². The number of esters is 2. The molecule has 0 aromatic heterocycles. The molecule has 2 aromatic rings. The first kappa shape index (κ1) is 28.8. The first-order valence-corrected chi connectivity index (χ1v) is 14.3. The van der Waals surface area contributed by atoms with Crippen molar-refractivity contribution in [3.63, 3.8) is 0 Å². The third-order valence-electron chi connectivity index (χ3n) is 10.1. The van der Waals surface area contributed by atoms with Gasteiger partial charge in [-0.1, -0.05) is 36.4 Å². The quantitative estimate of drug-likeness (QED) is 0.354. The minimum atomic E-state index is -1.66. The van der Waals surface area contributed by atoms with Gasteiger partial charge in [0.05, 0.1) is 16.5 Å². The van der Waals surface area contributed by atoms with Crippen LogP contribution in [0.3, 0.4) is 0 Å². The average Bonchev–Trinajstić information content (AvgIpc) is 3.23. The van der Waals surface area contributed by atoms with Gasteiger partial charge in [0, 0.05) is 19.4 Å². The molecular weight excluding hydrogens is 564 g/mol. The number of rotatable bonds is 9. The highest BCUT2D eigenvalue weighted by atomic mass is 16.8. The minimum absolute atomic E-state index is 0.122. The maximum atomic E-state index is 13.0. The third kappa shape index (κ3) is 3.91. The van der Waals surface area contributed by atoms with Gasteiger partial charge in [0.2, 0.25) is 0 Å². The molecule has 43 heavy (non-hydrogen) atoms. The molecule has 7 fully saturated rings. The van der Waals surface area contributed by atoms with Crippen LogP contribution in [0, 0.1) is 11.3 Å². The lowest BCUT2D eigenvalue weighted by Crippen LogP contribution is -2.81. The Bertz CT molecular complexity index is 1390. The van der Waals surface area contributed by atoms with Crippen molar-refractivity contribution in [2.45, 2.75) is 73.8 Å². The molecule has 6 bridgehead atoms. The zero-order valence-electron chi connectivity index (χ0n) is 23.7. The Morgan fingerprint density at radius 2 is 1.51 bits per heavy atom. The Kier molecular flexibility index (Phi) is 6.73. The van der Waals surface area contributed by atoms with Gasteiger partial charge in [-0.05, 0) is 37.6 Å². The van der Waals surface area contributed by atoms with Gasteiger partial charge in [-0.2, -0.15) is 0 Å². The second-order valence-electron chi connectivity index (χ2n) is 12.2. The van der Waals surface area contributed by atoms with Gasteiger partial charge in [-0.15, -0.1) is 0 Å². The van der Waals surface area contributed by atoms with Crippen molar-refractivity contribution in [1.29, 1.82) is 0 Å². The Morgan fingerprint density at radius 1 is 0.884 bits per heavy atom. The second kappa shape index (κ2) is 10.0. The summed E-state index contributed by atoms with van der Waals surface area (Å²) in [4.78, 5) is 25.5. The molecule has 3 aliphatic carbocycles. The molecule has 3 saturated carbocycles. The van der Waals surface area contributed by atoms with E-state index in [0.29, 0.717) is 24.0 Å². The molecule has 2 aromatic carbocycles. The Morgan fingerprint density at radius 3 is 2.14 bits per heavy atom. The van der Waals surface area contributed by atoms with E-state index in [9.17, 15) is 24.9 Å². The lowest BCUT2D eigenvalue weighted by molar-refractivity contribution is -0.427. The number of aliphatic hydroxyl groups is 3. The van der Waals surface area contributed by atoms with Crippen molar-refractivity contribution in [2.75, 3.05) is 20.3 Å². The van der Waals surface area contributed by atoms with E-state index in [0.717, 1.165) is 0 Å². The normalized spacial score (nSPS) is 43.7. The molecule has 4 heterocycles. The number of hydrogen-bond donors (Lipinski definition) is 3. The number of carbonyl (C=O) groups is 2. The summed E-state index contributed by atoms with van der Waals surface area (Å²) < 4.78 is 42.4. The molecule has 4 saturated heterocycles. The molecule has 4 aliphatic heterocycles. The van der Waals surface area contributed by atoms with Crippen LogP contribution in [-0.4, -0.2) is 102 Å². The van der Waals surface area contributed by atoms with Crippen molar-refractivity contribution >= 4 is 11.9 Å². The smallest absolute Gasteiger partial charge is 0.338 e. The van der Waals surface area contributed by atoms with Crippen LogP contribution in [-0.2, 0) is 33.2 Å². The highest BCUT2D eigenvalue weighted by Crippen LogP contribution is 2.82. The lowest BCUT2D eigenvalue weighted by Gasteiger charge is -2.68. The van der Waals surface area contributed by atoms with Crippen molar-refractivity contribution < 1.29 is 58.1 Å². The molecule has 12 nitrogen and oxygen atoms in total. The standard InChI is InChI=1S/C31H34O12/c1-28-15-30(37-2)20-13-31(28,29(20,27(42-28)43-30)16-39-25(36)18-11-7-4-8-12-18)41-26-23(34)22(33)21(32)19(40-26)14-38-24(35)17-9-5-3-6-10-17/h3-12,19-23,26-27,32-34H,13-16H2,1-2H3/t19-,20?,21-,22+,23-,26+,27?,28-,29?,30-,31?/m1/s1. The molecule has 12 heteroatoms. The minimum Gasteiger partial charge on any atom is -0.461 e. The highest BCUT2D eigenvalue weighted by molar-refractivity contribution is 5.89. The number of ether oxygens (including phenoxy) is 7.